The molecule has 0 fully saturated rings. The molecule has 0 unspecified atom stereocenters. The third-order valence-corrected chi connectivity index (χ3v) is 5.06. The summed E-state index contributed by atoms with van der Waals surface area (Å²) in [6.45, 7) is 0.827. The third-order valence-electron chi connectivity index (χ3n) is 4.40. The highest BCUT2D eigenvalue weighted by Crippen LogP contribution is 2.28. The number of carbonyl (C=O) groups is 1. The molecule has 7 nitrogen and oxygen atoms in total. The summed E-state index contributed by atoms with van der Waals surface area (Å²) >= 11 is 11.6. The lowest BCUT2D eigenvalue weighted by molar-refractivity contribution is 0.0730. The minimum atomic E-state index is -0.822. The molecule has 0 spiro atoms. The van der Waals surface area contributed by atoms with Crippen LogP contribution in [0.1, 0.15) is 27.6 Å². The van der Waals surface area contributed by atoms with E-state index in [1.807, 2.05) is 0 Å². The summed E-state index contributed by atoms with van der Waals surface area (Å²) < 4.78 is 28.5. The van der Waals surface area contributed by atoms with Gasteiger partial charge in [-0.3, -0.25) is 4.79 Å². The van der Waals surface area contributed by atoms with E-state index in [0.29, 0.717) is 24.5 Å². The molecule has 0 bridgehead atoms. The summed E-state index contributed by atoms with van der Waals surface area (Å²) in [6.07, 6.45) is 2.66. The first kappa shape index (κ1) is 18.7. The summed E-state index contributed by atoms with van der Waals surface area (Å²) in [7, 11) is 0. The summed E-state index contributed by atoms with van der Waals surface area (Å²) in [6, 6.07) is 2.69. The van der Waals surface area contributed by atoms with Crippen LogP contribution in [0.5, 0.6) is 0 Å². The minimum absolute atomic E-state index is 0.0409. The normalized spacial score (nSPS) is 13.5. The van der Waals surface area contributed by atoms with Crippen LogP contribution in [0.3, 0.4) is 0 Å². The second-order valence-corrected chi connectivity index (χ2v) is 6.94. The third kappa shape index (κ3) is 3.43. The van der Waals surface area contributed by atoms with Crippen molar-refractivity contribution in [3.63, 3.8) is 0 Å². The van der Waals surface area contributed by atoms with E-state index in [4.69, 9.17) is 23.2 Å². The van der Waals surface area contributed by atoms with Crippen molar-refractivity contribution in [2.24, 2.45) is 0 Å². The molecule has 1 aromatic carbocycles. The Balaban J connectivity index is 1.53. The zero-order chi connectivity index (χ0) is 19.8. The fourth-order valence-electron chi connectivity index (χ4n) is 2.98. The second kappa shape index (κ2) is 7.40. The first-order chi connectivity index (χ1) is 13.4. The quantitative estimate of drug-likeness (QED) is 0.604. The average molecular weight is 425 g/mol. The molecule has 3 heterocycles. The van der Waals surface area contributed by atoms with Crippen molar-refractivity contribution >= 4 is 29.1 Å². The van der Waals surface area contributed by atoms with Gasteiger partial charge in [0.1, 0.15) is 18.1 Å². The number of rotatable bonds is 3. The highest BCUT2D eigenvalue weighted by atomic mass is 35.5. The first-order valence-corrected chi connectivity index (χ1v) is 9.00. The molecule has 1 aliphatic rings. The van der Waals surface area contributed by atoms with Crippen LogP contribution in [0.2, 0.25) is 10.0 Å². The van der Waals surface area contributed by atoms with Crippen molar-refractivity contribution in [3.8, 4) is 0 Å². The molecular weight excluding hydrogens is 413 g/mol. The van der Waals surface area contributed by atoms with Crippen molar-refractivity contribution in [1.82, 2.24) is 29.9 Å². The van der Waals surface area contributed by atoms with Crippen molar-refractivity contribution < 1.29 is 13.6 Å². The maximum atomic E-state index is 13.9. The molecule has 3 aromatic rings. The van der Waals surface area contributed by atoms with Gasteiger partial charge in [-0.05, 0) is 12.1 Å². The highest BCUT2D eigenvalue weighted by molar-refractivity contribution is 6.37. The van der Waals surface area contributed by atoms with E-state index in [0.717, 1.165) is 18.1 Å². The number of benzene rings is 1. The van der Waals surface area contributed by atoms with Crippen LogP contribution in [-0.4, -0.2) is 42.3 Å². The standard InChI is InChI=1S/C17H12Cl2F2N6O/c18-11-2-1-10(15(19)16(11)21)17(28)26-4-3-13-12(7-26)24-25-27(13)8-14-22-5-9(20)6-23-14/h1-2,5-6H,3-4,7-8H2. The van der Waals surface area contributed by atoms with Crippen molar-refractivity contribution in [1.29, 1.82) is 0 Å². The Morgan fingerprint density at radius 1 is 1.18 bits per heavy atom. The molecule has 2 aromatic heterocycles. The molecule has 144 valence electrons. The predicted molar refractivity (Wildman–Crippen MR) is 96.0 cm³/mol. The molecule has 11 heteroatoms. The minimum Gasteiger partial charge on any atom is -0.332 e. The zero-order valence-electron chi connectivity index (χ0n) is 14.2. The van der Waals surface area contributed by atoms with Gasteiger partial charge in [-0.2, -0.15) is 0 Å². The van der Waals surface area contributed by atoms with E-state index in [2.05, 4.69) is 20.3 Å². The molecule has 0 radical (unpaired) electrons. The molecule has 0 atom stereocenters. The molecule has 4 rings (SSSR count). The summed E-state index contributed by atoms with van der Waals surface area (Å²) in [5, 5.41) is 7.74. The summed E-state index contributed by atoms with van der Waals surface area (Å²) in [4.78, 5) is 22.1. The molecule has 0 saturated carbocycles. The zero-order valence-corrected chi connectivity index (χ0v) is 15.8. The number of carbonyl (C=O) groups excluding carboxylic acids is 1. The van der Waals surface area contributed by atoms with E-state index >= 15 is 0 Å². The van der Waals surface area contributed by atoms with Crippen molar-refractivity contribution in [2.75, 3.05) is 6.54 Å². The second-order valence-electron chi connectivity index (χ2n) is 6.16. The Morgan fingerprint density at radius 2 is 1.93 bits per heavy atom. The fourth-order valence-corrected chi connectivity index (χ4v) is 3.43. The Bertz CT molecular complexity index is 1060. The van der Waals surface area contributed by atoms with Crippen LogP contribution in [0.25, 0.3) is 0 Å². The Morgan fingerprint density at radius 3 is 2.68 bits per heavy atom. The van der Waals surface area contributed by atoms with E-state index in [1.54, 1.807) is 4.68 Å². The maximum Gasteiger partial charge on any atom is 0.255 e. The van der Waals surface area contributed by atoms with Gasteiger partial charge in [0, 0.05) is 13.0 Å². The highest BCUT2D eigenvalue weighted by Gasteiger charge is 2.28. The number of hydrogen-bond donors (Lipinski definition) is 0. The van der Waals surface area contributed by atoms with Gasteiger partial charge < -0.3 is 4.90 Å². The smallest absolute Gasteiger partial charge is 0.255 e. The summed E-state index contributed by atoms with van der Waals surface area (Å²) in [5.74, 6) is -1.35. The van der Waals surface area contributed by atoms with Gasteiger partial charge >= 0.3 is 0 Å². The molecule has 1 aliphatic heterocycles. The lowest BCUT2D eigenvalue weighted by Crippen LogP contribution is -2.36. The Kier molecular flexibility index (Phi) is 4.94. The predicted octanol–water partition coefficient (Wildman–Crippen LogP) is 2.90. The fraction of sp³-hybridized carbons (Fsp3) is 0.235. The lowest BCUT2D eigenvalue weighted by Gasteiger charge is -2.27. The topological polar surface area (TPSA) is 76.8 Å². The van der Waals surface area contributed by atoms with Gasteiger partial charge in [-0.25, -0.2) is 23.4 Å². The largest absolute Gasteiger partial charge is 0.332 e. The van der Waals surface area contributed by atoms with E-state index in [9.17, 15) is 13.6 Å². The number of amides is 1. The van der Waals surface area contributed by atoms with Crippen LogP contribution < -0.4 is 0 Å². The van der Waals surface area contributed by atoms with E-state index in [1.165, 1.54) is 17.0 Å². The number of nitrogens with zero attached hydrogens (tertiary/aromatic N) is 6. The van der Waals surface area contributed by atoms with Gasteiger partial charge in [0.25, 0.3) is 5.91 Å². The van der Waals surface area contributed by atoms with Gasteiger partial charge in [-0.1, -0.05) is 28.4 Å². The molecular formula is C17H12Cl2F2N6O. The molecule has 0 aliphatic carbocycles. The van der Waals surface area contributed by atoms with Crippen LogP contribution in [0, 0.1) is 11.6 Å². The van der Waals surface area contributed by atoms with Crippen molar-refractivity contribution in [2.45, 2.75) is 19.5 Å². The number of halogens is 4. The van der Waals surface area contributed by atoms with Crippen LogP contribution in [0.15, 0.2) is 24.5 Å². The van der Waals surface area contributed by atoms with Crippen LogP contribution in [-0.2, 0) is 19.5 Å². The molecule has 1 amide bonds. The molecule has 0 saturated heterocycles. The van der Waals surface area contributed by atoms with Crippen molar-refractivity contribution in [3.05, 3.63) is 69.0 Å². The van der Waals surface area contributed by atoms with Crippen LogP contribution >= 0.6 is 23.2 Å². The Labute approximate surface area is 167 Å². The molecule has 28 heavy (non-hydrogen) atoms. The lowest BCUT2D eigenvalue weighted by atomic mass is 10.1. The van der Waals surface area contributed by atoms with Gasteiger partial charge in [0.05, 0.1) is 40.2 Å². The van der Waals surface area contributed by atoms with Gasteiger partial charge in [0.15, 0.2) is 11.6 Å². The summed E-state index contributed by atoms with van der Waals surface area (Å²) in [5.41, 5.74) is 1.50. The van der Waals surface area contributed by atoms with Gasteiger partial charge in [0.2, 0.25) is 0 Å². The average Bonchev–Trinajstić information content (AvgIpc) is 3.09. The molecule has 0 N–H and O–H groups in total. The number of aromatic nitrogens is 5. The Hall–Kier alpha value is -2.65. The number of fused-ring (bicyclic) bond motifs is 1. The first-order valence-electron chi connectivity index (χ1n) is 8.24. The maximum absolute atomic E-state index is 13.9. The van der Waals surface area contributed by atoms with E-state index < -0.39 is 17.5 Å². The van der Waals surface area contributed by atoms with E-state index in [-0.39, 0.29) is 28.7 Å². The van der Waals surface area contributed by atoms with Crippen LogP contribution in [0.4, 0.5) is 8.78 Å². The SMILES string of the molecule is O=C(c1ccc(Cl)c(F)c1Cl)N1CCc2c(nnn2Cc2ncc(F)cn2)C1. The van der Waals surface area contributed by atoms with Gasteiger partial charge in [-0.15, -0.1) is 5.10 Å². The monoisotopic (exact) mass is 424 g/mol. The number of hydrogen-bond acceptors (Lipinski definition) is 5.